The van der Waals surface area contributed by atoms with Gasteiger partial charge in [0.2, 0.25) is 5.91 Å². The summed E-state index contributed by atoms with van der Waals surface area (Å²) >= 11 is 0. The maximum Gasteiger partial charge on any atom is 0.245 e. The van der Waals surface area contributed by atoms with Crippen LogP contribution in [0.5, 0.6) is 0 Å². The van der Waals surface area contributed by atoms with E-state index in [-0.39, 0.29) is 11.9 Å². The van der Waals surface area contributed by atoms with Gasteiger partial charge in [-0.05, 0) is 31.4 Å². The Morgan fingerprint density at radius 1 is 1.35 bits per heavy atom. The number of anilines is 1. The molecule has 2 aliphatic rings. The lowest BCUT2D eigenvalue weighted by atomic mass is 10.1. The van der Waals surface area contributed by atoms with E-state index in [1.807, 2.05) is 17.9 Å². The molecule has 6 nitrogen and oxygen atoms in total. The Labute approximate surface area is 119 Å². The van der Waals surface area contributed by atoms with Gasteiger partial charge in [0.05, 0.1) is 6.20 Å². The van der Waals surface area contributed by atoms with Crippen LogP contribution in [0.15, 0.2) is 12.3 Å². The number of carbonyl (C=O) groups is 1. The number of carbonyl (C=O) groups excluding carboxylic acids is 1. The second kappa shape index (κ2) is 5.75. The molecule has 1 amide bonds. The van der Waals surface area contributed by atoms with Crippen LogP contribution in [-0.2, 0) is 4.79 Å². The minimum Gasteiger partial charge on any atom is -0.343 e. The molecule has 20 heavy (non-hydrogen) atoms. The fourth-order valence-electron chi connectivity index (χ4n) is 2.98. The van der Waals surface area contributed by atoms with E-state index >= 15 is 0 Å². The highest BCUT2D eigenvalue weighted by molar-refractivity contribution is 5.85. The number of nitrogens with zero attached hydrogens (tertiary/aromatic N) is 4. The van der Waals surface area contributed by atoms with E-state index in [2.05, 4.69) is 20.4 Å². The molecule has 3 rings (SSSR count). The van der Waals surface area contributed by atoms with Crippen molar-refractivity contribution in [3.05, 3.63) is 17.8 Å². The SMILES string of the molecule is Cc1cnnc(N2CCCC2C(=O)N2CCNCC2)c1. The zero-order chi connectivity index (χ0) is 13.9. The molecule has 0 aliphatic carbocycles. The molecule has 2 saturated heterocycles. The molecule has 108 valence electrons. The van der Waals surface area contributed by atoms with Gasteiger partial charge < -0.3 is 15.1 Å². The third-order valence-electron chi connectivity index (χ3n) is 4.04. The topological polar surface area (TPSA) is 61.4 Å². The molecule has 1 N–H and O–H groups in total. The highest BCUT2D eigenvalue weighted by atomic mass is 16.2. The van der Waals surface area contributed by atoms with Crippen LogP contribution in [0.1, 0.15) is 18.4 Å². The lowest BCUT2D eigenvalue weighted by Gasteiger charge is -2.33. The van der Waals surface area contributed by atoms with E-state index in [4.69, 9.17) is 0 Å². The Kier molecular flexibility index (Phi) is 3.82. The first-order chi connectivity index (χ1) is 9.75. The van der Waals surface area contributed by atoms with E-state index in [0.717, 1.165) is 56.9 Å². The van der Waals surface area contributed by atoms with Gasteiger partial charge in [-0.1, -0.05) is 0 Å². The van der Waals surface area contributed by atoms with Crippen molar-refractivity contribution in [3.63, 3.8) is 0 Å². The van der Waals surface area contributed by atoms with Crippen LogP contribution in [0.2, 0.25) is 0 Å². The highest BCUT2D eigenvalue weighted by Crippen LogP contribution is 2.25. The van der Waals surface area contributed by atoms with Gasteiger partial charge in [0, 0.05) is 32.7 Å². The highest BCUT2D eigenvalue weighted by Gasteiger charge is 2.34. The molecular formula is C14H21N5O. The maximum absolute atomic E-state index is 12.7. The van der Waals surface area contributed by atoms with E-state index in [9.17, 15) is 4.79 Å². The summed E-state index contributed by atoms with van der Waals surface area (Å²) in [5.74, 6) is 1.07. The molecule has 1 unspecified atom stereocenters. The minimum atomic E-state index is -0.0656. The van der Waals surface area contributed by atoms with Crippen molar-refractivity contribution in [3.8, 4) is 0 Å². The fourth-order valence-corrected chi connectivity index (χ4v) is 2.98. The lowest BCUT2D eigenvalue weighted by molar-refractivity contribution is -0.133. The van der Waals surface area contributed by atoms with Crippen LogP contribution in [0.3, 0.4) is 0 Å². The zero-order valence-electron chi connectivity index (χ0n) is 11.9. The van der Waals surface area contributed by atoms with Gasteiger partial charge in [-0.2, -0.15) is 5.10 Å². The number of rotatable bonds is 2. The van der Waals surface area contributed by atoms with Crippen LogP contribution in [0.25, 0.3) is 0 Å². The smallest absolute Gasteiger partial charge is 0.245 e. The third kappa shape index (κ3) is 2.60. The van der Waals surface area contributed by atoms with Crippen LogP contribution >= 0.6 is 0 Å². The molecule has 0 spiro atoms. The summed E-state index contributed by atoms with van der Waals surface area (Å²) in [7, 11) is 0. The van der Waals surface area contributed by atoms with Gasteiger partial charge in [0.25, 0.3) is 0 Å². The number of hydrogen-bond acceptors (Lipinski definition) is 5. The number of aryl methyl sites for hydroxylation is 1. The molecule has 2 fully saturated rings. The number of amides is 1. The first-order valence-corrected chi connectivity index (χ1v) is 7.31. The predicted molar refractivity (Wildman–Crippen MR) is 76.6 cm³/mol. The Bertz CT molecular complexity index is 486. The van der Waals surface area contributed by atoms with Crippen molar-refractivity contribution in [2.24, 2.45) is 0 Å². The van der Waals surface area contributed by atoms with Crippen molar-refractivity contribution in [2.75, 3.05) is 37.6 Å². The monoisotopic (exact) mass is 275 g/mol. The molecule has 2 aliphatic heterocycles. The van der Waals surface area contributed by atoms with Gasteiger partial charge in [0.1, 0.15) is 6.04 Å². The molecule has 0 aromatic carbocycles. The molecule has 0 radical (unpaired) electrons. The van der Waals surface area contributed by atoms with Crippen LogP contribution in [0, 0.1) is 6.92 Å². The average Bonchev–Trinajstić information content (AvgIpc) is 2.97. The summed E-state index contributed by atoms with van der Waals surface area (Å²) in [5.41, 5.74) is 1.08. The van der Waals surface area contributed by atoms with E-state index in [1.165, 1.54) is 0 Å². The Morgan fingerprint density at radius 3 is 2.90 bits per heavy atom. The third-order valence-corrected chi connectivity index (χ3v) is 4.04. The Balaban J connectivity index is 1.76. The van der Waals surface area contributed by atoms with E-state index < -0.39 is 0 Å². The molecule has 1 aromatic rings. The number of nitrogens with one attached hydrogen (secondary N) is 1. The lowest BCUT2D eigenvalue weighted by Crippen LogP contribution is -2.52. The van der Waals surface area contributed by atoms with Gasteiger partial charge in [-0.3, -0.25) is 4.79 Å². The average molecular weight is 275 g/mol. The molecule has 0 saturated carbocycles. The predicted octanol–water partition coefficient (Wildman–Crippen LogP) is 0.186. The zero-order valence-corrected chi connectivity index (χ0v) is 11.9. The van der Waals surface area contributed by atoms with Crippen molar-refractivity contribution < 1.29 is 4.79 Å². The van der Waals surface area contributed by atoms with Crippen molar-refractivity contribution >= 4 is 11.7 Å². The van der Waals surface area contributed by atoms with Crippen LogP contribution in [-0.4, -0.2) is 59.8 Å². The van der Waals surface area contributed by atoms with Gasteiger partial charge in [-0.15, -0.1) is 5.10 Å². The largest absolute Gasteiger partial charge is 0.343 e. The summed E-state index contributed by atoms with van der Waals surface area (Å²) in [5, 5.41) is 11.5. The fraction of sp³-hybridized carbons (Fsp3) is 0.643. The van der Waals surface area contributed by atoms with Gasteiger partial charge in [-0.25, -0.2) is 0 Å². The Morgan fingerprint density at radius 2 is 2.15 bits per heavy atom. The quantitative estimate of drug-likeness (QED) is 0.834. The minimum absolute atomic E-state index is 0.0656. The second-order valence-corrected chi connectivity index (χ2v) is 5.52. The van der Waals surface area contributed by atoms with E-state index in [0.29, 0.717) is 0 Å². The van der Waals surface area contributed by atoms with Crippen LogP contribution < -0.4 is 10.2 Å². The van der Waals surface area contributed by atoms with E-state index in [1.54, 1.807) is 6.20 Å². The second-order valence-electron chi connectivity index (χ2n) is 5.52. The molecule has 1 atom stereocenters. The molecule has 1 aromatic heterocycles. The van der Waals surface area contributed by atoms with Gasteiger partial charge in [0.15, 0.2) is 5.82 Å². The number of aromatic nitrogens is 2. The standard InChI is InChI=1S/C14H21N5O/c1-11-9-13(17-16-10-11)19-6-2-3-12(19)14(20)18-7-4-15-5-8-18/h9-10,12,15H,2-8H2,1H3. The number of hydrogen-bond donors (Lipinski definition) is 1. The molecule has 0 bridgehead atoms. The molecule has 6 heteroatoms. The summed E-state index contributed by atoms with van der Waals surface area (Å²) in [6, 6.07) is 1.94. The van der Waals surface area contributed by atoms with Crippen molar-refractivity contribution in [1.82, 2.24) is 20.4 Å². The van der Waals surface area contributed by atoms with Crippen LogP contribution in [0.4, 0.5) is 5.82 Å². The normalized spacial score (nSPS) is 23.1. The first-order valence-electron chi connectivity index (χ1n) is 7.31. The summed E-state index contributed by atoms with van der Waals surface area (Å²) < 4.78 is 0. The van der Waals surface area contributed by atoms with Crippen molar-refractivity contribution in [1.29, 1.82) is 0 Å². The maximum atomic E-state index is 12.7. The summed E-state index contributed by atoms with van der Waals surface area (Å²) in [4.78, 5) is 16.8. The summed E-state index contributed by atoms with van der Waals surface area (Å²) in [6.45, 7) is 6.29. The molecular weight excluding hydrogens is 254 g/mol. The Hall–Kier alpha value is -1.69. The van der Waals surface area contributed by atoms with Gasteiger partial charge >= 0.3 is 0 Å². The van der Waals surface area contributed by atoms with Crippen molar-refractivity contribution in [2.45, 2.75) is 25.8 Å². The first kappa shape index (κ1) is 13.3. The summed E-state index contributed by atoms with van der Waals surface area (Å²) in [6.07, 6.45) is 3.70. The molecule has 3 heterocycles. The number of piperazine rings is 1.